The lowest BCUT2D eigenvalue weighted by Crippen LogP contribution is -2.47. The van der Waals surface area contributed by atoms with Gasteiger partial charge in [0.2, 0.25) is 5.91 Å². The van der Waals surface area contributed by atoms with Crippen molar-refractivity contribution in [1.29, 1.82) is 0 Å². The minimum Gasteiger partial charge on any atom is -0.353 e. The van der Waals surface area contributed by atoms with Crippen molar-refractivity contribution >= 4 is 11.8 Å². The number of carbonyl (C=O) groups is 2. The third-order valence-electron chi connectivity index (χ3n) is 4.26. The highest BCUT2D eigenvalue weighted by molar-refractivity contribution is 5.94. The van der Waals surface area contributed by atoms with Crippen LogP contribution in [0.25, 0.3) is 0 Å². The summed E-state index contributed by atoms with van der Waals surface area (Å²) in [6, 6.07) is 5.86. The first-order chi connectivity index (χ1) is 11.0. The van der Waals surface area contributed by atoms with E-state index in [0.717, 1.165) is 25.7 Å². The molecule has 0 aromatic heterocycles. The van der Waals surface area contributed by atoms with Crippen molar-refractivity contribution in [2.75, 3.05) is 13.1 Å². The van der Waals surface area contributed by atoms with Crippen LogP contribution < -0.4 is 5.32 Å². The minimum atomic E-state index is -0.421. The Hall–Kier alpha value is -1.91. The van der Waals surface area contributed by atoms with Gasteiger partial charge in [0, 0.05) is 24.7 Å². The van der Waals surface area contributed by atoms with Crippen molar-refractivity contribution in [2.24, 2.45) is 5.92 Å². The molecule has 0 bridgehead atoms. The van der Waals surface area contributed by atoms with Crippen molar-refractivity contribution in [1.82, 2.24) is 10.2 Å². The molecule has 0 saturated carbocycles. The molecule has 1 fully saturated rings. The smallest absolute Gasteiger partial charge is 0.253 e. The van der Waals surface area contributed by atoms with Crippen molar-refractivity contribution in [3.8, 4) is 0 Å². The monoisotopic (exact) mass is 320 g/mol. The summed E-state index contributed by atoms with van der Waals surface area (Å²) in [6.07, 6.45) is 3.56. The Morgan fingerprint density at radius 2 is 2.22 bits per heavy atom. The number of rotatable bonds is 5. The molecule has 1 aliphatic rings. The molecule has 1 heterocycles. The molecule has 0 spiro atoms. The van der Waals surface area contributed by atoms with Gasteiger partial charge in [-0.2, -0.15) is 0 Å². The van der Waals surface area contributed by atoms with Gasteiger partial charge in [-0.3, -0.25) is 9.59 Å². The van der Waals surface area contributed by atoms with E-state index in [1.807, 2.05) is 6.92 Å². The zero-order valence-electron chi connectivity index (χ0n) is 13.8. The number of nitrogens with one attached hydrogen (secondary N) is 1. The fraction of sp³-hybridized carbons (Fsp3) is 0.556. The molecule has 126 valence electrons. The van der Waals surface area contributed by atoms with Crippen molar-refractivity contribution in [2.45, 2.75) is 45.6 Å². The zero-order chi connectivity index (χ0) is 16.8. The second-order valence-corrected chi connectivity index (χ2v) is 6.30. The van der Waals surface area contributed by atoms with Crippen LogP contribution in [0.4, 0.5) is 4.39 Å². The summed E-state index contributed by atoms with van der Waals surface area (Å²) in [5, 5.41) is 3.02. The average molecular weight is 320 g/mol. The van der Waals surface area contributed by atoms with Crippen LogP contribution in [0.3, 0.4) is 0 Å². The summed E-state index contributed by atoms with van der Waals surface area (Å²) < 4.78 is 13.3. The molecule has 1 aliphatic heterocycles. The van der Waals surface area contributed by atoms with Gasteiger partial charge in [0.05, 0.1) is 5.92 Å². The summed E-state index contributed by atoms with van der Waals surface area (Å²) in [5.74, 6) is -0.789. The van der Waals surface area contributed by atoms with E-state index in [2.05, 4.69) is 12.2 Å². The van der Waals surface area contributed by atoms with Crippen LogP contribution in [0.5, 0.6) is 0 Å². The van der Waals surface area contributed by atoms with Crippen molar-refractivity contribution in [3.05, 3.63) is 35.6 Å². The second-order valence-electron chi connectivity index (χ2n) is 6.30. The molecule has 2 amide bonds. The van der Waals surface area contributed by atoms with E-state index in [9.17, 15) is 14.0 Å². The number of carbonyl (C=O) groups excluding carboxylic acids is 2. The Balaban J connectivity index is 1.97. The number of nitrogens with zero attached hydrogens (tertiary/aromatic N) is 1. The van der Waals surface area contributed by atoms with Crippen LogP contribution in [-0.4, -0.2) is 35.8 Å². The Kier molecular flexibility index (Phi) is 6.13. The topological polar surface area (TPSA) is 49.4 Å². The molecular weight excluding hydrogens is 295 g/mol. The van der Waals surface area contributed by atoms with Crippen LogP contribution >= 0.6 is 0 Å². The second kappa shape index (κ2) is 8.09. The van der Waals surface area contributed by atoms with Gasteiger partial charge < -0.3 is 10.2 Å². The molecule has 5 heteroatoms. The van der Waals surface area contributed by atoms with E-state index in [1.54, 1.807) is 11.0 Å². The van der Waals surface area contributed by atoms with Crippen LogP contribution in [0.15, 0.2) is 24.3 Å². The van der Waals surface area contributed by atoms with Crippen LogP contribution in [-0.2, 0) is 4.79 Å². The lowest BCUT2D eigenvalue weighted by atomic mass is 9.96. The third-order valence-corrected chi connectivity index (χ3v) is 4.26. The first-order valence-corrected chi connectivity index (χ1v) is 8.36. The van der Waals surface area contributed by atoms with Gasteiger partial charge >= 0.3 is 0 Å². The molecule has 4 nitrogen and oxygen atoms in total. The lowest BCUT2D eigenvalue weighted by Gasteiger charge is -2.32. The number of piperidine rings is 1. The van der Waals surface area contributed by atoms with E-state index in [-0.39, 0.29) is 23.8 Å². The van der Waals surface area contributed by atoms with E-state index >= 15 is 0 Å². The number of hydrogen-bond acceptors (Lipinski definition) is 2. The van der Waals surface area contributed by atoms with E-state index < -0.39 is 5.82 Å². The molecule has 1 saturated heterocycles. The molecule has 2 atom stereocenters. The van der Waals surface area contributed by atoms with Gasteiger partial charge in [0.15, 0.2) is 0 Å². The van der Waals surface area contributed by atoms with E-state index in [1.165, 1.54) is 18.2 Å². The maximum Gasteiger partial charge on any atom is 0.253 e. The normalized spacial score (nSPS) is 19.3. The molecule has 1 N–H and O–H groups in total. The fourth-order valence-corrected chi connectivity index (χ4v) is 3.05. The van der Waals surface area contributed by atoms with Gasteiger partial charge in [-0.1, -0.05) is 19.4 Å². The lowest BCUT2D eigenvalue weighted by molar-refractivity contribution is -0.127. The average Bonchev–Trinajstić information content (AvgIpc) is 2.54. The Morgan fingerprint density at radius 3 is 2.91 bits per heavy atom. The summed E-state index contributed by atoms with van der Waals surface area (Å²) in [6.45, 7) is 5.10. The molecule has 0 aliphatic carbocycles. The quantitative estimate of drug-likeness (QED) is 0.907. The van der Waals surface area contributed by atoms with Gasteiger partial charge in [0.25, 0.3) is 5.91 Å². The molecule has 1 aromatic carbocycles. The van der Waals surface area contributed by atoms with E-state index in [4.69, 9.17) is 0 Å². The third kappa shape index (κ3) is 4.78. The minimum absolute atomic E-state index is 0.0164. The van der Waals surface area contributed by atoms with Gasteiger partial charge in [-0.15, -0.1) is 0 Å². The summed E-state index contributed by atoms with van der Waals surface area (Å²) in [5.41, 5.74) is 0.338. The Bertz CT molecular complexity index is 562. The zero-order valence-corrected chi connectivity index (χ0v) is 13.8. The van der Waals surface area contributed by atoms with Crippen molar-refractivity contribution in [3.63, 3.8) is 0 Å². The first-order valence-electron chi connectivity index (χ1n) is 8.36. The summed E-state index contributed by atoms with van der Waals surface area (Å²) >= 11 is 0. The molecule has 0 unspecified atom stereocenters. The highest BCUT2D eigenvalue weighted by Crippen LogP contribution is 2.19. The predicted octanol–water partition coefficient (Wildman–Crippen LogP) is 2.98. The highest BCUT2D eigenvalue weighted by Gasteiger charge is 2.29. The number of likely N-dealkylation sites (tertiary alicyclic amines) is 1. The molecular formula is C18H25FN2O2. The Morgan fingerprint density at radius 1 is 1.43 bits per heavy atom. The molecule has 2 rings (SSSR count). The molecule has 0 radical (unpaired) electrons. The first kappa shape index (κ1) is 17.4. The fourth-order valence-electron chi connectivity index (χ4n) is 3.05. The number of hydrogen-bond donors (Lipinski definition) is 1. The summed E-state index contributed by atoms with van der Waals surface area (Å²) in [7, 11) is 0. The van der Waals surface area contributed by atoms with Gasteiger partial charge in [-0.25, -0.2) is 4.39 Å². The van der Waals surface area contributed by atoms with Crippen LogP contribution in [0.1, 0.15) is 49.9 Å². The predicted molar refractivity (Wildman–Crippen MR) is 87.5 cm³/mol. The van der Waals surface area contributed by atoms with E-state index in [0.29, 0.717) is 18.7 Å². The SMILES string of the molecule is CCC[C@H](C)NC(=O)[C@@H]1CCCN(C(=O)c2cccc(F)c2)C1. The number of halogens is 1. The van der Waals surface area contributed by atoms with Crippen molar-refractivity contribution < 1.29 is 14.0 Å². The van der Waals surface area contributed by atoms with Crippen LogP contribution in [0, 0.1) is 11.7 Å². The standard InChI is InChI=1S/C18H25FN2O2/c1-3-6-13(2)20-17(22)15-8-5-10-21(12-15)18(23)14-7-4-9-16(19)11-14/h4,7,9,11,13,15H,3,5-6,8,10,12H2,1-2H3,(H,20,22)/t13-,15+/m0/s1. The molecule has 1 aromatic rings. The summed E-state index contributed by atoms with van der Waals surface area (Å²) in [4.78, 5) is 26.5. The Labute approximate surface area is 137 Å². The molecule has 23 heavy (non-hydrogen) atoms. The van der Waals surface area contributed by atoms with Gasteiger partial charge in [-0.05, 0) is 44.4 Å². The van der Waals surface area contributed by atoms with Crippen LogP contribution in [0.2, 0.25) is 0 Å². The maximum absolute atomic E-state index is 13.3. The maximum atomic E-state index is 13.3. The number of benzene rings is 1. The van der Waals surface area contributed by atoms with Gasteiger partial charge in [0.1, 0.15) is 5.82 Å². The largest absolute Gasteiger partial charge is 0.353 e. The highest BCUT2D eigenvalue weighted by atomic mass is 19.1. The number of amides is 2.